The minimum absolute atomic E-state index is 0.0759. The van der Waals surface area contributed by atoms with Crippen molar-refractivity contribution in [3.05, 3.63) is 35.6 Å². The van der Waals surface area contributed by atoms with Gasteiger partial charge in [0.25, 0.3) is 0 Å². The van der Waals surface area contributed by atoms with Gasteiger partial charge in [-0.05, 0) is 24.8 Å². The number of carbonyl (C=O) groups excluding carboxylic acids is 2. The fraction of sp³-hybridized carbons (Fsp3) is 0.529. The molecular weight excluding hydrogens is 297 g/mol. The van der Waals surface area contributed by atoms with Crippen molar-refractivity contribution in [1.82, 2.24) is 15.5 Å². The molecule has 0 spiro atoms. The molecule has 1 aromatic rings. The molecule has 1 atom stereocenters. The molecule has 1 aliphatic carbocycles. The van der Waals surface area contributed by atoms with E-state index in [1.54, 1.807) is 32.3 Å². The van der Waals surface area contributed by atoms with Crippen molar-refractivity contribution < 1.29 is 14.0 Å². The van der Waals surface area contributed by atoms with Crippen LogP contribution in [0, 0.1) is 11.7 Å². The summed E-state index contributed by atoms with van der Waals surface area (Å²) in [7, 11) is 3.26. The average Bonchev–Trinajstić information content (AvgIpc) is 3.05. The van der Waals surface area contributed by atoms with Gasteiger partial charge in [-0.15, -0.1) is 0 Å². The summed E-state index contributed by atoms with van der Waals surface area (Å²) in [5.41, 5.74) is 0.508. The molecule has 1 fully saturated rings. The summed E-state index contributed by atoms with van der Waals surface area (Å²) in [5, 5.41) is 5.39. The van der Waals surface area contributed by atoms with Crippen molar-refractivity contribution in [2.45, 2.75) is 31.7 Å². The Morgan fingerprint density at radius 3 is 2.52 bits per heavy atom. The number of amides is 3. The molecule has 6 heteroatoms. The van der Waals surface area contributed by atoms with Crippen LogP contribution in [0.3, 0.4) is 0 Å². The molecule has 23 heavy (non-hydrogen) atoms. The zero-order chi connectivity index (χ0) is 16.8. The largest absolute Gasteiger partial charge is 0.347 e. The first kappa shape index (κ1) is 17.2. The van der Waals surface area contributed by atoms with Crippen LogP contribution in [0.5, 0.6) is 0 Å². The topological polar surface area (TPSA) is 61.4 Å². The summed E-state index contributed by atoms with van der Waals surface area (Å²) in [6.07, 6.45) is 4.13. The molecule has 0 heterocycles. The Bertz CT molecular complexity index is 557. The molecule has 0 saturated heterocycles. The van der Waals surface area contributed by atoms with Gasteiger partial charge >= 0.3 is 6.03 Å². The van der Waals surface area contributed by atoms with Crippen LogP contribution in [0.25, 0.3) is 0 Å². The molecule has 1 aliphatic rings. The van der Waals surface area contributed by atoms with Gasteiger partial charge in [-0.2, -0.15) is 0 Å². The Kier molecular flexibility index (Phi) is 5.96. The average molecular weight is 321 g/mol. The van der Waals surface area contributed by atoms with Crippen LogP contribution in [0.1, 0.15) is 37.3 Å². The van der Waals surface area contributed by atoms with Crippen molar-refractivity contribution in [3.8, 4) is 0 Å². The fourth-order valence-electron chi connectivity index (χ4n) is 2.97. The van der Waals surface area contributed by atoms with E-state index in [4.69, 9.17) is 0 Å². The summed E-state index contributed by atoms with van der Waals surface area (Å²) in [5.74, 6) is -0.278. The SMILES string of the molecule is CN(C)C(=O)CNC(=O)N[C@@H](c1ccccc1F)C1CCCC1. The molecule has 0 aliphatic heterocycles. The minimum Gasteiger partial charge on any atom is -0.347 e. The highest BCUT2D eigenvalue weighted by Gasteiger charge is 2.29. The van der Waals surface area contributed by atoms with Crippen LogP contribution in [0.2, 0.25) is 0 Å². The predicted octanol–water partition coefficient (Wildman–Crippen LogP) is 2.44. The molecule has 1 aromatic carbocycles. The Hall–Kier alpha value is -2.11. The monoisotopic (exact) mass is 321 g/mol. The van der Waals surface area contributed by atoms with Gasteiger partial charge in [0.1, 0.15) is 5.82 Å². The van der Waals surface area contributed by atoms with Gasteiger partial charge in [0.05, 0.1) is 12.6 Å². The molecule has 0 aromatic heterocycles. The van der Waals surface area contributed by atoms with Crippen molar-refractivity contribution in [2.24, 2.45) is 5.92 Å². The van der Waals surface area contributed by atoms with Gasteiger partial charge in [-0.25, -0.2) is 9.18 Å². The molecule has 0 bridgehead atoms. The fourth-order valence-corrected chi connectivity index (χ4v) is 2.97. The number of likely N-dealkylation sites (N-methyl/N-ethyl adjacent to an activating group) is 1. The number of halogens is 1. The lowest BCUT2D eigenvalue weighted by molar-refractivity contribution is -0.127. The number of rotatable bonds is 5. The quantitative estimate of drug-likeness (QED) is 0.875. The lowest BCUT2D eigenvalue weighted by Crippen LogP contribution is -2.44. The molecule has 126 valence electrons. The predicted molar refractivity (Wildman–Crippen MR) is 86.3 cm³/mol. The van der Waals surface area contributed by atoms with Crippen molar-refractivity contribution in [3.63, 3.8) is 0 Å². The summed E-state index contributed by atoms with van der Waals surface area (Å²) in [6.45, 7) is -0.0759. The van der Waals surface area contributed by atoms with E-state index in [9.17, 15) is 14.0 Å². The zero-order valence-electron chi connectivity index (χ0n) is 13.6. The van der Waals surface area contributed by atoms with E-state index in [-0.39, 0.29) is 30.2 Å². The highest BCUT2D eigenvalue weighted by atomic mass is 19.1. The van der Waals surface area contributed by atoms with Crippen LogP contribution in [-0.4, -0.2) is 37.5 Å². The van der Waals surface area contributed by atoms with Crippen molar-refractivity contribution >= 4 is 11.9 Å². The van der Waals surface area contributed by atoms with E-state index in [0.29, 0.717) is 5.56 Å². The maximum Gasteiger partial charge on any atom is 0.315 e. The molecule has 0 radical (unpaired) electrons. The van der Waals surface area contributed by atoms with E-state index < -0.39 is 6.03 Å². The van der Waals surface area contributed by atoms with Gasteiger partial charge in [0.2, 0.25) is 5.91 Å². The number of nitrogens with one attached hydrogen (secondary N) is 2. The standard InChI is InChI=1S/C17H24FN3O2/c1-21(2)15(22)11-19-17(23)20-16(12-7-3-4-8-12)13-9-5-6-10-14(13)18/h5-6,9-10,12,16H,3-4,7-8,11H2,1-2H3,(H2,19,20,23)/t16-/m1/s1. The number of hydrogen-bond donors (Lipinski definition) is 2. The van der Waals surface area contributed by atoms with Crippen molar-refractivity contribution in [2.75, 3.05) is 20.6 Å². The Morgan fingerprint density at radius 1 is 1.26 bits per heavy atom. The first-order chi connectivity index (χ1) is 11.0. The molecule has 5 nitrogen and oxygen atoms in total. The molecule has 2 rings (SSSR count). The number of hydrogen-bond acceptors (Lipinski definition) is 2. The second-order valence-electron chi connectivity index (χ2n) is 6.16. The van der Waals surface area contributed by atoms with Crippen LogP contribution >= 0.6 is 0 Å². The van der Waals surface area contributed by atoms with Crippen LogP contribution in [0.4, 0.5) is 9.18 Å². The van der Waals surface area contributed by atoms with E-state index in [1.165, 1.54) is 11.0 Å². The second-order valence-corrected chi connectivity index (χ2v) is 6.16. The van der Waals surface area contributed by atoms with E-state index in [2.05, 4.69) is 10.6 Å². The highest BCUT2D eigenvalue weighted by molar-refractivity contribution is 5.83. The zero-order valence-corrected chi connectivity index (χ0v) is 13.6. The number of nitrogens with zero attached hydrogens (tertiary/aromatic N) is 1. The lowest BCUT2D eigenvalue weighted by Gasteiger charge is -2.26. The lowest BCUT2D eigenvalue weighted by atomic mass is 9.91. The summed E-state index contributed by atoms with van der Waals surface area (Å²) in [4.78, 5) is 25.1. The summed E-state index contributed by atoms with van der Waals surface area (Å²) < 4.78 is 14.1. The minimum atomic E-state index is -0.444. The van der Waals surface area contributed by atoms with Gasteiger partial charge in [-0.1, -0.05) is 31.0 Å². The first-order valence-corrected chi connectivity index (χ1v) is 7.98. The van der Waals surface area contributed by atoms with E-state index >= 15 is 0 Å². The van der Waals surface area contributed by atoms with Crippen LogP contribution < -0.4 is 10.6 Å². The normalized spacial score (nSPS) is 16.0. The highest BCUT2D eigenvalue weighted by Crippen LogP contribution is 2.36. The smallest absolute Gasteiger partial charge is 0.315 e. The van der Waals surface area contributed by atoms with Crippen LogP contribution in [-0.2, 0) is 4.79 Å². The molecular formula is C17H24FN3O2. The summed E-state index contributed by atoms with van der Waals surface area (Å²) >= 11 is 0. The van der Waals surface area contributed by atoms with Gasteiger partial charge < -0.3 is 15.5 Å². The number of urea groups is 1. The molecule has 0 unspecified atom stereocenters. The Morgan fingerprint density at radius 2 is 1.91 bits per heavy atom. The maximum absolute atomic E-state index is 14.1. The number of carbonyl (C=O) groups is 2. The first-order valence-electron chi connectivity index (χ1n) is 7.98. The molecule has 2 N–H and O–H groups in total. The second kappa shape index (κ2) is 7.94. The van der Waals surface area contributed by atoms with Gasteiger partial charge in [0.15, 0.2) is 0 Å². The Balaban J connectivity index is 2.05. The number of benzene rings is 1. The van der Waals surface area contributed by atoms with Gasteiger partial charge in [0, 0.05) is 19.7 Å². The summed E-state index contributed by atoms with van der Waals surface area (Å²) in [6, 6.07) is 5.72. The van der Waals surface area contributed by atoms with E-state index in [0.717, 1.165) is 25.7 Å². The van der Waals surface area contributed by atoms with Crippen molar-refractivity contribution in [1.29, 1.82) is 0 Å². The molecule has 1 saturated carbocycles. The third-order valence-corrected chi connectivity index (χ3v) is 4.30. The molecule has 3 amide bonds. The third-order valence-electron chi connectivity index (χ3n) is 4.30. The maximum atomic E-state index is 14.1. The van der Waals surface area contributed by atoms with Gasteiger partial charge in [-0.3, -0.25) is 4.79 Å². The third kappa shape index (κ3) is 4.68. The van der Waals surface area contributed by atoms with Crippen LogP contribution in [0.15, 0.2) is 24.3 Å². The van der Waals surface area contributed by atoms with E-state index in [1.807, 2.05) is 0 Å². The Labute approximate surface area is 136 Å².